The SMILES string of the molecule is CC(=O)Nc1nc(C)c(-c2ccc(C(C)C)cc2)s1. The molecule has 0 saturated heterocycles. The lowest BCUT2D eigenvalue weighted by Gasteiger charge is -2.06. The molecule has 100 valence electrons. The maximum atomic E-state index is 11.0. The smallest absolute Gasteiger partial charge is 0.223 e. The van der Waals surface area contributed by atoms with Gasteiger partial charge in [0.15, 0.2) is 5.13 Å². The van der Waals surface area contributed by atoms with Crippen molar-refractivity contribution in [1.29, 1.82) is 0 Å². The standard InChI is InChI=1S/C15H18N2OS/c1-9(2)12-5-7-13(8-6-12)14-10(3)16-15(19-14)17-11(4)18/h5-9H,1-4H3,(H,16,17,18). The van der Waals surface area contributed by atoms with Crippen molar-refractivity contribution in [2.75, 3.05) is 5.32 Å². The molecule has 1 amide bonds. The van der Waals surface area contributed by atoms with Crippen molar-refractivity contribution in [3.05, 3.63) is 35.5 Å². The lowest BCUT2D eigenvalue weighted by molar-refractivity contribution is -0.114. The van der Waals surface area contributed by atoms with Crippen LogP contribution in [0.1, 0.15) is 37.9 Å². The quantitative estimate of drug-likeness (QED) is 0.911. The number of carbonyl (C=O) groups is 1. The lowest BCUT2D eigenvalue weighted by Crippen LogP contribution is -2.04. The number of hydrogen-bond acceptors (Lipinski definition) is 3. The zero-order valence-corrected chi connectivity index (χ0v) is 12.5. The summed E-state index contributed by atoms with van der Waals surface area (Å²) in [7, 11) is 0. The fraction of sp³-hybridized carbons (Fsp3) is 0.333. The van der Waals surface area contributed by atoms with Gasteiger partial charge < -0.3 is 5.32 Å². The number of carbonyl (C=O) groups excluding carboxylic acids is 1. The van der Waals surface area contributed by atoms with Crippen LogP contribution in [0.2, 0.25) is 0 Å². The van der Waals surface area contributed by atoms with Gasteiger partial charge in [-0.05, 0) is 24.0 Å². The van der Waals surface area contributed by atoms with Crippen molar-refractivity contribution in [3.8, 4) is 10.4 Å². The molecule has 0 radical (unpaired) electrons. The number of nitrogens with zero attached hydrogens (tertiary/aromatic N) is 1. The van der Waals surface area contributed by atoms with Gasteiger partial charge in [0, 0.05) is 6.92 Å². The molecule has 2 rings (SSSR count). The average molecular weight is 274 g/mol. The zero-order chi connectivity index (χ0) is 14.0. The number of benzene rings is 1. The van der Waals surface area contributed by atoms with E-state index in [0.717, 1.165) is 16.1 Å². The molecule has 2 aromatic rings. The first-order valence-corrected chi connectivity index (χ1v) is 7.14. The molecule has 0 spiro atoms. The third-order valence-electron chi connectivity index (χ3n) is 2.92. The number of hydrogen-bond donors (Lipinski definition) is 1. The van der Waals surface area contributed by atoms with E-state index < -0.39 is 0 Å². The van der Waals surface area contributed by atoms with Gasteiger partial charge in [-0.15, -0.1) is 0 Å². The third kappa shape index (κ3) is 3.20. The summed E-state index contributed by atoms with van der Waals surface area (Å²) in [5, 5.41) is 3.39. The molecule has 0 aliphatic heterocycles. The Balaban J connectivity index is 2.30. The largest absolute Gasteiger partial charge is 0.302 e. The van der Waals surface area contributed by atoms with Crippen LogP contribution in [0.5, 0.6) is 0 Å². The summed E-state index contributed by atoms with van der Waals surface area (Å²) >= 11 is 1.51. The van der Waals surface area contributed by atoms with E-state index in [0.29, 0.717) is 11.0 Å². The van der Waals surface area contributed by atoms with Crippen molar-refractivity contribution >= 4 is 22.4 Å². The maximum absolute atomic E-state index is 11.0. The highest BCUT2D eigenvalue weighted by molar-refractivity contribution is 7.19. The van der Waals surface area contributed by atoms with Gasteiger partial charge in [0.2, 0.25) is 5.91 Å². The number of rotatable bonds is 3. The van der Waals surface area contributed by atoms with Crippen LogP contribution in [0.4, 0.5) is 5.13 Å². The minimum Gasteiger partial charge on any atom is -0.302 e. The molecule has 4 heteroatoms. The molecule has 1 heterocycles. The Bertz CT molecular complexity index is 585. The van der Waals surface area contributed by atoms with Crippen molar-refractivity contribution in [2.45, 2.75) is 33.6 Å². The van der Waals surface area contributed by atoms with Gasteiger partial charge >= 0.3 is 0 Å². The normalized spacial score (nSPS) is 10.8. The van der Waals surface area contributed by atoms with E-state index in [1.165, 1.54) is 23.8 Å². The van der Waals surface area contributed by atoms with Crippen LogP contribution in [-0.2, 0) is 4.79 Å². The molecule has 0 aliphatic rings. The minimum atomic E-state index is -0.0875. The molecule has 0 atom stereocenters. The molecule has 19 heavy (non-hydrogen) atoms. The Kier molecular flexibility index (Phi) is 4.00. The molecule has 0 aliphatic carbocycles. The van der Waals surface area contributed by atoms with E-state index in [2.05, 4.69) is 48.4 Å². The van der Waals surface area contributed by atoms with Gasteiger partial charge in [0.25, 0.3) is 0 Å². The monoisotopic (exact) mass is 274 g/mol. The predicted octanol–water partition coefficient (Wildman–Crippen LogP) is 4.20. The van der Waals surface area contributed by atoms with Gasteiger partial charge in [-0.25, -0.2) is 4.98 Å². The molecule has 0 saturated carbocycles. The summed E-state index contributed by atoms with van der Waals surface area (Å²) in [5.41, 5.74) is 3.43. The van der Waals surface area contributed by atoms with Crippen LogP contribution in [0.25, 0.3) is 10.4 Å². The zero-order valence-electron chi connectivity index (χ0n) is 11.7. The summed E-state index contributed by atoms with van der Waals surface area (Å²) in [4.78, 5) is 16.5. The van der Waals surface area contributed by atoms with Crippen LogP contribution in [0.3, 0.4) is 0 Å². The first kappa shape index (κ1) is 13.7. The highest BCUT2D eigenvalue weighted by Crippen LogP contribution is 2.33. The van der Waals surface area contributed by atoms with E-state index in [9.17, 15) is 4.79 Å². The van der Waals surface area contributed by atoms with Gasteiger partial charge in [-0.3, -0.25) is 4.79 Å². The topological polar surface area (TPSA) is 42.0 Å². The van der Waals surface area contributed by atoms with Crippen molar-refractivity contribution in [3.63, 3.8) is 0 Å². The van der Waals surface area contributed by atoms with Crippen LogP contribution in [0.15, 0.2) is 24.3 Å². The summed E-state index contributed by atoms with van der Waals surface area (Å²) in [6, 6.07) is 8.54. The van der Waals surface area contributed by atoms with Crippen LogP contribution in [-0.4, -0.2) is 10.9 Å². The van der Waals surface area contributed by atoms with Gasteiger partial charge in [-0.1, -0.05) is 49.4 Å². The second-order valence-electron chi connectivity index (χ2n) is 4.89. The Morgan fingerprint density at radius 1 is 1.26 bits per heavy atom. The third-order valence-corrected chi connectivity index (χ3v) is 4.04. The number of nitrogens with one attached hydrogen (secondary N) is 1. The molecular formula is C15H18N2OS. The Labute approximate surface area is 117 Å². The second-order valence-corrected chi connectivity index (χ2v) is 5.89. The molecule has 0 unspecified atom stereocenters. The highest BCUT2D eigenvalue weighted by atomic mass is 32.1. The van der Waals surface area contributed by atoms with E-state index in [1.54, 1.807) is 0 Å². The van der Waals surface area contributed by atoms with Crippen LogP contribution >= 0.6 is 11.3 Å². The second kappa shape index (κ2) is 5.53. The van der Waals surface area contributed by atoms with Crippen molar-refractivity contribution < 1.29 is 4.79 Å². The van der Waals surface area contributed by atoms with E-state index in [1.807, 2.05) is 6.92 Å². The number of aromatic nitrogens is 1. The molecule has 1 aromatic heterocycles. The van der Waals surface area contributed by atoms with E-state index in [4.69, 9.17) is 0 Å². The Morgan fingerprint density at radius 3 is 2.42 bits per heavy atom. The summed E-state index contributed by atoms with van der Waals surface area (Å²) in [6.07, 6.45) is 0. The van der Waals surface area contributed by atoms with Gasteiger partial charge in [0.1, 0.15) is 0 Å². The highest BCUT2D eigenvalue weighted by Gasteiger charge is 2.10. The van der Waals surface area contributed by atoms with Gasteiger partial charge in [-0.2, -0.15) is 0 Å². The van der Waals surface area contributed by atoms with E-state index >= 15 is 0 Å². The van der Waals surface area contributed by atoms with Crippen LogP contribution < -0.4 is 5.32 Å². The van der Waals surface area contributed by atoms with E-state index in [-0.39, 0.29) is 5.91 Å². The molecule has 1 N–H and O–H groups in total. The molecule has 0 fully saturated rings. The summed E-state index contributed by atoms with van der Waals surface area (Å²) < 4.78 is 0. The number of anilines is 1. The fourth-order valence-electron chi connectivity index (χ4n) is 1.89. The minimum absolute atomic E-state index is 0.0875. The van der Waals surface area contributed by atoms with Gasteiger partial charge in [0.05, 0.1) is 10.6 Å². The maximum Gasteiger partial charge on any atom is 0.223 e. The Morgan fingerprint density at radius 2 is 1.89 bits per heavy atom. The number of amides is 1. The first-order chi connectivity index (χ1) is 8.97. The fourth-order valence-corrected chi connectivity index (χ4v) is 2.91. The molecule has 3 nitrogen and oxygen atoms in total. The van der Waals surface area contributed by atoms with Crippen LogP contribution in [0, 0.1) is 6.92 Å². The van der Waals surface area contributed by atoms with Crippen molar-refractivity contribution in [2.24, 2.45) is 0 Å². The predicted molar refractivity (Wildman–Crippen MR) is 80.7 cm³/mol. The average Bonchev–Trinajstić information content (AvgIpc) is 2.69. The molecule has 0 bridgehead atoms. The lowest BCUT2D eigenvalue weighted by atomic mass is 10.0. The molecular weight excluding hydrogens is 256 g/mol. The van der Waals surface area contributed by atoms with Crippen molar-refractivity contribution in [1.82, 2.24) is 4.98 Å². The number of aryl methyl sites for hydroxylation is 1. The Hall–Kier alpha value is -1.68. The first-order valence-electron chi connectivity index (χ1n) is 6.32. The summed E-state index contributed by atoms with van der Waals surface area (Å²) in [6.45, 7) is 7.82. The molecule has 1 aromatic carbocycles. The summed E-state index contributed by atoms with van der Waals surface area (Å²) in [5.74, 6) is 0.446. The number of thiazole rings is 1.